The molecule has 0 saturated heterocycles. The van der Waals surface area contributed by atoms with Gasteiger partial charge in [-0.1, -0.05) is 0 Å². The lowest BCUT2D eigenvalue weighted by Gasteiger charge is -2.04. The first kappa shape index (κ1) is 11.7. The van der Waals surface area contributed by atoms with E-state index in [-0.39, 0.29) is 5.82 Å². The van der Waals surface area contributed by atoms with Crippen LogP contribution in [-0.2, 0) is 6.54 Å². The number of hydrogen-bond donors (Lipinski definition) is 1. The van der Waals surface area contributed by atoms with Crippen molar-refractivity contribution in [2.24, 2.45) is 0 Å². The fourth-order valence-corrected chi connectivity index (χ4v) is 2.75. The molecule has 3 rings (SSSR count). The summed E-state index contributed by atoms with van der Waals surface area (Å²) in [5.41, 5.74) is 2.54. The highest BCUT2D eigenvalue weighted by molar-refractivity contribution is 14.1. The van der Waals surface area contributed by atoms with Crippen molar-refractivity contribution >= 4 is 33.5 Å². The zero-order valence-electron chi connectivity index (χ0n) is 9.74. The van der Waals surface area contributed by atoms with E-state index in [0.717, 1.165) is 26.8 Å². The van der Waals surface area contributed by atoms with Gasteiger partial charge in [-0.15, -0.1) is 0 Å². The molecule has 18 heavy (non-hydrogen) atoms. The molecule has 1 N–H and O–H groups in total. The van der Waals surface area contributed by atoms with Crippen molar-refractivity contribution in [2.45, 2.75) is 13.5 Å². The molecule has 0 bridgehead atoms. The SMILES string of the molecule is CCn1cncc1-c1c[nH]c2c(F)cc(I)cc12. The predicted octanol–water partition coefficient (Wildman–Crippen LogP) is 3.80. The van der Waals surface area contributed by atoms with Crippen LogP contribution in [0.15, 0.2) is 30.9 Å². The van der Waals surface area contributed by atoms with Crippen molar-refractivity contribution in [1.82, 2.24) is 14.5 Å². The Hall–Kier alpha value is -1.37. The Labute approximate surface area is 117 Å². The summed E-state index contributed by atoms with van der Waals surface area (Å²) in [6, 6.07) is 3.51. The quantitative estimate of drug-likeness (QED) is 0.698. The van der Waals surface area contributed by atoms with E-state index < -0.39 is 0 Å². The number of aryl methyl sites for hydroxylation is 1. The number of aromatic amines is 1. The van der Waals surface area contributed by atoms with E-state index in [4.69, 9.17) is 0 Å². The number of H-pyrrole nitrogens is 1. The average molecular weight is 355 g/mol. The molecule has 5 heteroatoms. The van der Waals surface area contributed by atoms with E-state index in [0.29, 0.717) is 5.52 Å². The normalized spacial score (nSPS) is 11.3. The Morgan fingerprint density at radius 2 is 2.28 bits per heavy atom. The first-order valence-electron chi connectivity index (χ1n) is 5.67. The molecule has 0 aliphatic carbocycles. The lowest BCUT2D eigenvalue weighted by molar-refractivity contribution is 0.636. The minimum absolute atomic E-state index is 0.217. The molecule has 1 aromatic carbocycles. The number of nitrogens with zero attached hydrogens (tertiary/aromatic N) is 2. The van der Waals surface area contributed by atoms with Crippen LogP contribution in [0.3, 0.4) is 0 Å². The molecule has 0 aliphatic rings. The van der Waals surface area contributed by atoms with Crippen LogP contribution in [0.25, 0.3) is 22.2 Å². The van der Waals surface area contributed by atoms with Gasteiger partial charge in [-0.05, 0) is 41.6 Å². The lowest BCUT2D eigenvalue weighted by Crippen LogP contribution is -1.94. The summed E-state index contributed by atoms with van der Waals surface area (Å²) >= 11 is 2.13. The molecular weight excluding hydrogens is 344 g/mol. The maximum absolute atomic E-state index is 13.8. The van der Waals surface area contributed by atoms with Gasteiger partial charge in [0.2, 0.25) is 0 Å². The van der Waals surface area contributed by atoms with Crippen LogP contribution in [0.2, 0.25) is 0 Å². The molecule has 0 amide bonds. The number of imidazole rings is 1. The summed E-state index contributed by atoms with van der Waals surface area (Å²) in [7, 11) is 0. The third-order valence-corrected chi connectivity index (χ3v) is 3.66. The van der Waals surface area contributed by atoms with Gasteiger partial charge in [0.15, 0.2) is 0 Å². The maximum atomic E-state index is 13.8. The number of benzene rings is 1. The van der Waals surface area contributed by atoms with E-state index in [1.807, 2.05) is 23.0 Å². The van der Waals surface area contributed by atoms with E-state index in [2.05, 4.69) is 39.5 Å². The fourth-order valence-electron chi connectivity index (χ4n) is 2.16. The summed E-state index contributed by atoms with van der Waals surface area (Å²) in [5, 5.41) is 0.898. The Bertz CT molecular complexity index is 714. The van der Waals surface area contributed by atoms with Gasteiger partial charge >= 0.3 is 0 Å². The van der Waals surface area contributed by atoms with Crippen LogP contribution in [-0.4, -0.2) is 14.5 Å². The second-order valence-corrected chi connectivity index (χ2v) is 5.32. The summed E-state index contributed by atoms with van der Waals surface area (Å²) in [5.74, 6) is -0.217. The van der Waals surface area contributed by atoms with Gasteiger partial charge < -0.3 is 9.55 Å². The fraction of sp³-hybridized carbons (Fsp3) is 0.154. The topological polar surface area (TPSA) is 33.6 Å². The average Bonchev–Trinajstić information content (AvgIpc) is 2.93. The van der Waals surface area contributed by atoms with E-state index >= 15 is 0 Å². The van der Waals surface area contributed by atoms with Crippen LogP contribution >= 0.6 is 22.6 Å². The summed E-state index contributed by atoms with van der Waals surface area (Å²) in [6.45, 7) is 2.90. The maximum Gasteiger partial charge on any atom is 0.148 e. The van der Waals surface area contributed by atoms with Gasteiger partial charge in [0.05, 0.1) is 23.7 Å². The molecule has 0 fully saturated rings. The number of aromatic nitrogens is 3. The van der Waals surface area contributed by atoms with Crippen LogP contribution in [0.5, 0.6) is 0 Å². The zero-order chi connectivity index (χ0) is 12.7. The Morgan fingerprint density at radius 3 is 3.06 bits per heavy atom. The number of halogens is 2. The van der Waals surface area contributed by atoms with Crippen molar-refractivity contribution in [2.75, 3.05) is 0 Å². The third kappa shape index (κ3) is 1.73. The smallest absolute Gasteiger partial charge is 0.148 e. The van der Waals surface area contributed by atoms with Gasteiger partial charge in [-0.25, -0.2) is 9.37 Å². The van der Waals surface area contributed by atoms with Crippen LogP contribution in [0.4, 0.5) is 4.39 Å². The first-order chi connectivity index (χ1) is 8.70. The van der Waals surface area contributed by atoms with Gasteiger partial charge in [0.1, 0.15) is 5.82 Å². The number of fused-ring (bicyclic) bond motifs is 1. The summed E-state index contributed by atoms with van der Waals surface area (Å²) in [4.78, 5) is 7.16. The predicted molar refractivity (Wildman–Crippen MR) is 77.9 cm³/mol. The van der Waals surface area contributed by atoms with Crippen LogP contribution < -0.4 is 0 Å². The monoisotopic (exact) mass is 355 g/mol. The van der Waals surface area contributed by atoms with Crippen molar-refractivity contribution in [3.8, 4) is 11.3 Å². The van der Waals surface area contributed by atoms with Crippen molar-refractivity contribution in [3.05, 3.63) is 40.2 Å². The lowest BCUT2D eigenvalue weighted by atomic mass is 10.1. The largest absolute Gasteiger partial charge is 0.358 e. The van der Waals surface area contributed by atoms with Gasteiger partial charge in [-0.2, -0.15) is 0 Å². The molecule has 0 unspecified atom stereocenters. The minimum atomic E-state index is -0.217. The third-order valence-electron chi connectivity index (χ3n) is 3.03. The van der Waals surface area contributed by atoms with Crippen molar-refractivity contribution in [1.29, 1.82) is 0 Å². The molecular formula is C13H11FIN3. The van der Waals surface area contributed by atoms with Gasteiger partial charge in [0.25, 0.3) is 0 Å². The van der Waals surface area contributed by atoms with E-state index in [1.165, 1.54) is 6.07 Å². The second-order valence-electron chi connectivity index (χ2n) is 4.08. The molecule has 2 heterocycles. The summed E-state index contributed by atoms with van der Waals surface area (Å²) < 4.78 is 16.8. The number of nitrogens with one attached hydrogen (secondary N) is 1. The highest BCUT2D eigenvalue weighted by Gasteiger charge is 2.13. The molecule has 3 aromatic rings. The number of hydrogen-bond acceptors (Lipinski definition) is 1. The highest BCUT2D eigenvalue weighted by atomic mass is 127. The minimum Gasteiger partial charge on any atom is -0.358 e. The van der Waals surface area contributed by atoms with Gasteiger partial charge in [0, 0.05) is 27.3 Å². The second kappa shape index (κ2) is 4.38. The molecule has 0 radical (unpaired) electrons. The Morgan fingerprint density at radius 1 is 1.44 bits per heavy atom. The number of rotatable bonds is 2. The molecule has 0 saturated carbocycles. The molecule has 92 valence electrons. The Balaban J connectivity index is 2.30. The molecule has 0 aliphatic heterocycles. The van der Waals surface area contributed by atoms with Crippen LogP contribution in [0, 0.1) is 9.39 Å². The molecule has 0 atom stereocenters. The standard InChI is InChI=1S/C13H11FIN3/c1-2-18-7-16-6-12(18)10-5-17-13-9(10)3-8(15)4-11(13)14/h3-7,17H,2H2,1H3. The van der Waals surface area contributed by atoms with Crippen LogP contribution in [0.1, 0.15) is 6.92 Å². The zero-order valence-corrected chi connectivity index (χ0v) is 11.9. The van der Waals surface area contributed by atoms with Crippen molar-refractivity contribution < 1.29 is 4.39 Å². The first-order valence-corrected chi connectivity index (χ1v) is 6.75. The van der Waals surface area contributed by atoms with Gasteiger partial charge in [-0.3, -0.25) is 0 Å². The molecule has 0 spiro atoms. The van der Waals surface area contributed by atoms with E-state index in [1.54, 1.807) is 6.33 Å². The molecule has 3 nitrogen and oxygen atoms in total. The van der Waals surface area contributed by atoms with E-state index in [9.17, 15) is 4.39 Å². The Kier molecular flexibility index (Phi) is 2.85. The molecule has 2 aromatic heterocycles. The summed E-state index contributed by atoms with van der Waals surface area (Å²) in [6.07, 6.45) is 5.44. The van der Waals surface area contributed by atoms with Crippen molar-refractivity contribution in [3.63, 3.8) is 0 Å². The highest BCUT2D eigenvalue weighted by Crippen LogP contribution is 2.31.